The van der Waals surface area contributed by atoms with E-state index < -0.39 is 0 Å². The molecule has 4 atom stereocenters. The highest BCUT2D eigenvalue weighted by atomic mass is 16.5. The van der Waals surface area contributed by atoms with Gasteiger partial charge in [0.1, 0.15) is 11.9 Å². The third kappa shape index (κ3) is 5.40. The number of anilines is 3. The van der Waals surface area contributed by atoms with Gasteiger partial charge in [0.05, 0.1) is 42.0 Å². The number of piperazine rings is 1. The molecule has 4 fully saturated rings. The van der Waals surface area contributed by atoms with Gasteiger partial charge in [-0.15, -0.1) is 0 Å². The maximum absolute atomic E-state index is 9.55. The van der Waals surface area contributed by atoms with Crippen LogP contribution in [0.5, 0.6) is 0 Å². The first-order chi connectivity index (χ1) is 20.1. The fourth-order valence-corrected chi connectivity index (χ4v) is 6.74. The zero-order chi connectivity index (χ0) is 27.8. The Kier molecular flexibility index (Phi) is 7.31. The summed E-state index contributed by atoms with van der Waals surface area (Å²) in [4.78, 5) is 23.6. The summed E-state index contributed by atoms with van der Waals surface area (Å²) in [5.74, 6) is 1.79. The van der Waals surface area contributed by atoms with E-state index in [1.54, 1.807) is 6.20 Å². The van der Waals surface area contributed by atoms with E-state index in [9.17, 15) is 5.26 Å². The molecular formula is C30H37N9O2. The van der Waals surface area contributed by atoms with Crippen molar-refractivity contribution in [2.75, 3.05) is 86.8 Å². The smallest absolute Gasteiger partial charge is 0.227 e. The lowest BCUT2D eigenvalue weighted by Crippen LogP contribution is -2.54. The highest BCUT2D eigenvalue weighted by Gasteiger charge is 2.37. The van der Waals surface area contributed by atoms with E-state index in [0.717, 1.165) is 100 Å². The quantitative estimate of drug-likeness (QED) is 0.495. The molecule has 0 saturated carbocycles. The predicted octanol–water partition coefficient (Wildman–Crippen LogP) is 1.49. The van der Waals surface area contributed by atoms with Crippen LogP contribution in [0.1, 0.15) is 12.5 Å². The van der Waals surface area contributed by atoms with Crippen molar-refractivity contribution in [2.24, 2.45) is 0 Å². The predicted molar refractivity (Wildman–Crippen MR) is 157 cm³/mol. The van der Waals surface area contributed by atoms with Crippen molar-refractivity contribution in [3.8, 4) is 6.07 Å². The third-order valence-electron chi connectivity index (χ3n) is 8.71. The van der Waals surface area contributed by atoms with Crippen molar-refractivity contribution >= 4 is 28.4 Å². The van der Waals surface area contributed by atoms with Crippen LogP contribution in [0.2, 0.25) is 0 Å². The van der Waals surface area contributed by atoms with Crippen molar-refractivity contribution in [3.63, 3.8) is 0 Å². The van der Waals surface area contributed by atoms with Crippen molar-refractivity contribution in [1.29, 1.82) is 5.26 Å². The minimum atomic E-state index is 0.104. The lowest BCUT2D eigenvalue weighted by atomic mass is 10.1. The number of ether oxygens (including phenoxy) is 2. The van der Waals surface area contributed by atoms with E-state index in [0.29, 0.717) is 11.6 Å². The molecule has 41 heavy (non-hydrogen) atoms. The number of fused-ring (bicyclic) bond motifs is 2. The maximum atomic E-state index is 9.55. The Morgan fingerprint density at radius 1 is 0.976 bits per heavy atom. The summed E-state index contributed by atoms with van der Waals surface area (Å²) in [5.41, 5.74) is 2.50. The maximum Gasteiger partial charge on any atom is 0.227 e. The number of hydrogen-bond donors (Lipinski definition) is 1. The fraction of sp³-hybridized carbons (Fsp3) is 0.533. The lowest BCUT2D eigenvalue weighted by molar-refractivity contribution is -0.0327. The molecule has 0 unspecified atom stereocenters. The van der Waals surface area contributed by atoms with E-state index in [-0.39, 0.29) is 18.3 Å². The lowest BCUT2D eigenvalue weighted by Gasteiger charge is -2.42. The number of morpholine rings is 2. The molecule has 0 amide bonds. The summed E-state index contributed by atoms with van der Waals surface area (Å²) in [7, 11) is 0. The second kappa shape index (κ2) is 11.4. The van der Waals surface area contributed by atoms with Gasteiger partial charge in [-0.05, 0) is 37.3 Å². The summed E-state index contributed by atoms with van der Waals surface area (Å²) in [5, 5.41) is 14.1. The van der Waals surface area contributed by atoms with Gasteiger partial charge in [-0.25, -0.2) is 4.98 Å². The summed E-state index contributed by atoms with van der Waals surface area (Å²) in [6, 6.07) is 12.6. The van der Waals surface area contributed by atoms with Crippen molar-refractivity contribution in [2.45, 2.75) is 31.3 Å². The normalized spacial score (nSPS) is 27.2. The average Bonchev–Trinajstić information content (AvgIpc) is 3.45. The molecule has 4 saturated heterocycles. The number of rotatable bonds is 5. The zero-order valence-electron chi connectivity index (χ0n) is 23.5. The number of hydrogen-bond acceptors (Lipinski definition) is 11. The summed E-state index contributed by atoms with van der Waals surface area (Å²) < 4.78 is 12.4. The van der Waals surface area contributed by atoms with Crippen LogP contribution in [0.4, 0.5) is 17.5 Å². The Morgan fingerprint density at radius 3 is 2.73 bits per heavy atom. The minimum absolute atomic E-state index is 0.104. The molecular weight excluding hydrogens is 518 g/mol. The van der Waals surface area contributed by atoms with Crippen LogP contribution in [0.3, 0.4) is 0 Å². The summed E-state index contributed by atoms with van der Waals surface area (Å²) in [6.45, 7) is 11.8. The van der Waals surface area contributed by atoms with Gasteiger partial charge in [-0.1, -0.05) is 0 Å². The van der Waals surface area contributed by atoms with Crippen LogP contribution in [-0.2, 0) is 9.47 Å². The molecule has 1 aromatic carbocycles. The van der Waals surface area contributed by atoms with Crippen LogP contribution in [-0.4, -0.2) is 116 Å². The van der Waals surface area contributed by atoms with Crippen molar-refractivity contribution in [3.05, 3.63) is 48.3 Å². The van der Waals surface area contributed by atoms with Crippen molar-refractivity contribution < 1.29 is 9.47 Å². The van der Waals surface area contributed by atoms with Gasteiger partial charge in [0.25, 0.3) is 0 Å². The number of nitrogens with one attached hydrogen (secondary N) is 1. The monoisotopic (exact) mass is 555 g/mol. The summed E-state index contributed by atoms with van der Waals surface area (Å²) >= 11 is 0. The fourth-order valence-electron chi connectivity index (χ4n) is 6.74. The van der Waals surface area contributed by atoms with E-state index in [1.807, 2.05) is 24.4 Å². The van der Waals surface area contributed by atoms with Gasteiger partial charge in [0.15, 0.2) is 0 Å². The SMILES string of the molecule is C[C@@H]1CN(c2ccc(C#N)c3ncccc23)C[C@H](CN2CCN(c3ccnc(N4C[C@H]5NCCO[C@@H]5C4)n3)CC2)O1. The van der Waals surface area contributed by atoms with Gasteiger partial charge in [-0.3, -0.25) is 9.88 Å². The first-order valence-electron chi connectivity index (χ1n) is 14.7. The molecule has 4 aliphatic rings. The first kappa shape index (κ1) is 26.3. The van der Waals surface area contributed by atoms with Gasteiger partial charge in [0.2, 0.25) is 5.95 Å². The van der Waals surface area contributed by atoms with Crippen LogP contribution < -0.4 is 20.0 Å². The Morgan fingerprint density at radius 2 is 1.88 bits per heavy atom. The molecule has 3 aromatic rings. The van der Waals surface area contributed by atoms with E-state index in [2.05, 4.69) is 60.0 Å². The van der Waals surface area contributed by atoms with E-state index in [4.69, 9.17) is 14.5 Å². The topological polar surface area (TPSA) is 106 Å². The van der Waals surface area contributed by atoms with Gasteiger partial charge in [0, 0.05) is 88.9 Å². The van der Waals surface area contributed by atoms with E-state index in [1.165, 1.54) is 0 Å². The summed E-state index contributed by atoms with van der Waals surface area (Å²) in [6.07, 6.45) is 4.07. The standard InChI is InChI=1S/C30H37N9O2/c1-21-16-38(26-5-4-22(15-31)29-24(26)3-2-7-33-29)18-23(41-21)17-36-10-12-37(13-11-36)28-6-8-34-30(35-28)39-19-25-27(20-39)40-14-9-32-25/h2-8,21,23,25,27,32H,9-14,16-20H2,1H3/t21-,23+,25-,27-/m1/s1. The van der Waals surface area contributed by atoms with Gasteiger partial charge >= 0.3 is 0 Å². The average molecular weight is 556 g/mol. The molecule has 2 aromatic heterocycles. The highest BCUT2D eigenvalue weighted by molar-refractivity contribution is 5.95. The molecule has 0 aliphatic carbocycles. The molecule has 0 radical (unpaired) electrons. The Bertz CT molecular complexity index is 1410. The van der Waals surface area contributed by atoms with Crippen LogP contribution in [0.25, 0.3) is 10.9 Å². The Labute approximate surface area is 240 Å². The second-order valence-electron chi connectivity index (χ2n) is 11.5. The van der Waals surface area contributed by atoms with Gasteiger partial charge in [-0.2, -0.15) is 10.2 Å². The Hall–Kier alpha value is -3.56. The number of benzene rings is 1. The molecule has 6 heterocycles. The Balaban J connectivity index is 0.975. The largest absolute Gasteiger partial charge is 0.373 e. The van der Waals surface area contributed by atoms with Crippen molar-refractivity contribution in [1.82, 2.24) is 25.2 Å². The van der Waals surface area contributed by atoms with Crippen LogP contribution >= 0.6 is 0 Å². The molecule has 0 spiro atoms. The number of pyridine rings is 1. The molecule has 0 bridgehead atoms. The molecule has 7 rings (SSSR count). The zero-order valence-corrected chi connectivity index (χ0v) is 23.5. The molecule has 4 aliphatic heterocycles. The number of aromatic nitrogens is 3. The highest BCUT2D eigenvalue weighted by Crippen LogP contribution is 2.30. The third-order valence-corrected chi connectivity index (χ3v) is 8.71. The van der Waals surface area contributed by atoms with E-state index >= 15 is 0 Å². The molecule has 11 heteroatoms. The number of nitrogens with zero attached hydrogens (tertiary/aromatic N) is 8. The minimum Gasteiger partial charge on any atom is -0.373 e. The number of nitriles is 1. The second-order valence-corrected chi connectivity index (χ2v) is 11.5. The molecule has 1 N–H and O–H groups in total. The van der Waals surface area contributed by atoms with Crippen LogP contribution in [0.15, 0.2) is 42.7 Å². The molecule has 11 nitrogen and oxygen atoms in total. The van der Waals surface area contributed by atoms with Crippen LogP contribution in [0, 0.1) is 11.3 Å². The van der Waals surface area contributed by atoms with Gasteiger partial charge < -0.3 is 29.5 Å². The molecule has 214 valence electrons. The first-order valence-corrected chi connectivity index (χ1v) is 14.7.